The van der Waals surface area contributed by atoms with E-state index in [0.717, 1.165) is 0 Å². The first-order valence-electron chi connectivity index (χ1n) is 19.3. The SMILES string of the molecule is c1ccc(C2c3ccccc3-c3ccc(-c4ccc5c(c4)-c4ccccc4C5c4cc(-c5cccc6c5[nH]c5ccccc56)cc5ccccc45)cc32)cc1. The summed E-state index contributed by atoms with van der Waals surface area (Å²) in [6, 6.07) is 72.4. The predicted octanol–water partition coefficient (Wildman–Crippen LogP) is 14.1. The van der Waals surface area contributed by atoms with Crippen LogP contribution in [0, 0.1) is 0 Å². The largest absolute Gasteiger partial charge is 0.354 e. The van der Waals surface area contributed by atoms with Gasteiger partial charge >= 0.3 is 0 Å². The Hall–Kier alpha value is -6.96. The van der Waals surface area contributed by atoms with Crippen molar-refractivity contribution in [3.8, 4) is 44.5 Å². The maximum atomic E-state index is 3.77. The van der Waals surface area contributed by atoms with Gasteiger partial charge in [0.2, 0.25) is 0 Å². The van der Waals surface area contributed by atoms with E-state index in [1.807, 2.05) is 0 Å². The smallest absolute Gasteiger partial charge is 0.0544 e. The van der Waals surface area contributed by atoms with Crippen LogP contribution in [0.1, 0.15) is 45.2 Å². The third-order valence-electron chi connectivity index (χ3n) is 12.4. The summed E-state index contributed by atoms with van der Waals surface area (Å²) in [4.78, 5) is 3.77. The molecule has 9 aromatic carbocycles. The third kappa shape index (κ3) is 4.54. The van der Waals surface area contributed by atoms with Crippen LogP contribution in [0.3, 0.4) is 0 Å². The zero-order valence-electron chi connectivity index (χ0n) is 30.1. The lowest BCUT2D eigenvalue weighted by molar-refractivity contribution is 1.02. The molecular weight excluding hydrogens is 663 g/mol. The van der Waals surface area contributed by atoms with Crippen LogP contribution in [-0.4, -0.2) is 4.98 Å². The van der Waals surface area contributed by atoms with E-state index >= 15 is 0 Å². The first-order valence-corrected chi connectivity index (χ1v) is 19.3. The molecule has 0 fully saturated rings. The molecule has 0 bridgehead atoms. The third-order valence-corrected chi connectivity index (χ3v) is 12.4. The number of fused-ring (bicyclic) bond motifs is 10. The lowest BCUT2D eigenvalue weighted by Gasteiger charge is -2.19. The summed E-state index contributed by atoms with van der Waals surface area (Å²) in [6.07, 6.45) is 0. The second-order valence-corrected chi connectivity index (χ2v) is 15.2. The predicted molar refractivity (Wildman–Crippen MR) is 230 cm³/mol. The van der Waals surface area contributed by atoms with Gasteiger partial charge in [-0.05, 0) is 113 Å². The summed E-state index contributed by atoms with van der Waals surface area (Å²) >= 11 is 0. The number of rotatable bonds is 4. The van der Waals surface area contributed by atoms with Crippen LogP contribution in [-0.2, 0) is 0 Å². The molecule has 2 atom stereocenters. The Balaban J connectivity index is 1.02. The Morgan fingerprint density at radius 1 is 0.309 bits per heavy atom. The summed E-state index contributed by atoms with van der Waals surface area (Å²) in [5, 5.41) is 5.09. The quantitative estimate of drug-likeness (QED) is 0.188. The van der Waals surface area contributed by atoms with E-state index in [2.05, 4.69) is 199 Å². The van der Waals surface area contributed by atoms with E-state index in [9.17, 15) is 0 Å². The van der Waals surface area contributed by atoms with Crippen molar-refractivity contribution in [2.45, 2.75) is 11.8 Å². The fraction of sp³-hybridized carbons (Fsp3) is 0.0370. The number of benzene rings is 9. The molecule has 1 heteroatoms. The van der Waals surface area contributed by atoms with Gasteiger partial charge in [-0.2, -0.15) is 0 Å². The summed E-state index contributed by atoms with van der Waals surface area (Å²) in [5.41, 5.74) is 20.9. The van der Waals surface area contributed by atoms with Crippen LogP contribution >= 0.6 is 0 Å². The highest BCUT2D eigenvalue weighted by molar-refractivity contribution is 6.12. The summed E-state index contributed by atoms with van der Waals surface area (Å²) < 4.78 is 0. The molecular formula is C54H35N. The Kier molecular flexibility index (Phi) is 6.53. The first kappa shape index (κ1) is 30.5. The van der Waals surface area contributed by atoms with Gasteiger partial charge in [0.25, 0.3) is 0 Å². The average molecular weight is 698 g/mol. The number of hydrogen-bond donors (Lipinski definition) is 1. The fourth-order valence-corrected chi connectivity index (χ4v) is 9.96. The van der Waals surface area contributed by atoms with E-state index in [0.29, 0.717) is 0 Å². The Morgan fingerprint density at radius 3 is 1.78 bits per heavy atom. The van der Waals surface area contributed by atoms with Gasteiger partial charge in [-0.25, -0.2) is 0 Å². The Bertz CT molecular complexity index is 3160. The average Bonchev–Trinajstić information content (AvgIpc) is 3.91. The molecule has 1 N–H and O–H groups in total. The van der Waals surface area contributed by atoms with Crippen LogP contribution in [0.4, 0.5) is 0 Å². The summed E-state index contributed by atoms with van der Waals surface area (Å²) in [5.74, 6) is 0.339. The van der Waals surface area contributed by atoms with Crippen LogP contribution in [0.15, 0.2) is 194 Å². The number of nitrogens with one attached hydrogen (secondary N) is 1. The number of aromatic amines is 1. The zero-order valence-corrected chi connectivity index (χ0v) is 30.1. The van der Waals surface area contributed by atoms with Gasteiger partial charge in [0.15, 0.2) is 0 Å². The molecule has 2 unspecified atom stereocenters. The van der Waals surface area contributed by atoms with Crippen LogP contribution in [0.5, 0.6) is 0 Å². The van der Waals surface area contributed by atoms with Crippen molar-refractivity contribution in [3.63, 3.8) is 0 Å². The highest BCUT2D eigenvalue weighted by Crippen LogP contribution is 2.53. The molecule has 0 radical (unpaired) electrons. The molecule has 0 aliphatic heterocycles. The molecule has 0 amide bonds. The van der Waals surface area contributed by atoms with E-state index in [-0.39, 0.29) is 11.8 Å². The van der Waals surface area contributed by atoms with E-state index in [1.165, 1.54) is 110 Å². The summed E-state index contributed by atoms with van der Waals surface area (Å²) in [7, 11) is 0. The molecule has 256 valence electrons. The number of hydrogen-bond acceptors (Lipinski definition) is 0. The van der Waals surface area contributed by atoms with Crippen molar-refractivity contribution in [1.82, 2.24) is 4.98 Å². The maximum Gasteiger partial charge on any atom is 0.0544 e. The van der Waals surface area contributed by atoms with E-state index in [1.54, 1.807) is 0 Å². The van der Waals surface area contributed by atoms with Gasteiger partial charge in [-0.3, -0.25) is 0 Å². The van der Waals surface area contributed by atoms with Gasteiger partial charge in [0.1, 0.15) is 0 Å². The number of H-pyrrole nitrogens is 1. The second kappa shape index (κ2) is 11.8. The highest BCUT2D eigenvalue weighted by atomic mass is 14.7. The molecule has 2 aliphatic carbocycles. The van der Waals surface area contributed by atoms with Gasteiger partial charge in [-0.1, -0.05) is 164 Å². The standard InChI is InChI=1S/C54H35N/c1-2-13-33(14-3-1)52-44-20-8-6-17-40(44)42-27-25-35(31-50(42)52)34-26-28-46-48(30-34)41-18-7-9-21-45(41)53(46)49-32-37(29-36-15-4-5-16-38(36)49)39-22-12-23-47-43-19-10-11-24-51(43)55-54(39)47/h1-32,52-53,55H. The van der Waals surface area contributed by atoms with Gasteiger partial charge < -0.3 is 4.98 Å². The lowest BCUT2D eigenvalue weighted by atomic mass is 9.83. The number of aromatic nitrogens is 1. The molecule has 1 aromatic heterocycles. The molecule has 1 heterocycles. The van der Waals surface area contributed by atoms with Crippen LogP contribution < -0.4 is 0 Å². The minimum Gasteiger partial charge on any atom is -0.354 e. The van der Waals surface area contributed by atoms with E-state index in [4.69, 9.17) is 0 Å². The summed E-state index contributed by atoms with van der Waals surface area (Å²) in [6.45, 7) is 0. The van der Waals surface area contributed by atoms with Crippen molar-refractivity contribution in [3.05, 3.63) is 228 Å². The molecule has 0 spiro atoms. The van der Waals surface area contributed by atoms with Crippen molar-refractivity contribution < 1.29 is 0 Å². The normalized spacial score (nSPS) is 15.3. The first-order chi connectivity index (χ1) is 27.3. The van der Waals surface area contributed by atoms with Gasteiger partial charge in [0, 0.05) is 33.7 Å². The molecule has 2 aliphatic rings. The molecule has 10 aromatic rings. The van der Waals surface area contributed by atoms with Crippen molar-refractivity contribution in [1.29, 1.82) is 0 Å². The zero-order chi connectivity index (χ0) is 36.0. The van der Waals surface area contributed by atoms with E-state index < -0.39 is 0 Å². The highest BCUT2D eigenvalue weighted by Gasteiger charge is 2.33. The molecule has 1 nitrogen and oxygen atoms in total. The monoisotopic (exact) mass is 697 g/mol. The molecule has 0 saturated carbocycles. The molecule has 0 saturated heterocycles. The molecule has 55 heavy (non-hydrogen) atoms. The van der Waals surface area contributed by atoms with Gasteiger partial charge in [-0.15, -0.1) is 0 Å². The number of para-hydroxylation sites is 2. The minimum atomic E-state index is 0.115. The minimum absolute atomic E-state index is 0.115. The van der Waals surface area contributed by atoms with Crippen molar-refractivity contribution >= 4 is 32.6 Å². The van der Waals surface area contributed by atoms with Crippen molar-refractivity contribution in [2.75, 3.05) is 0 Å². The van der Waals surface area contributed by atoms with Gasteiger partial charge in [0.05, 0.1) is 5.52 Å². The second-order valence-electron chi connectivity index (χ2n) is 15.2. The topological polar surface area (TPSA) is 15.8 Å². The van der Waals surface area contributed by atoms with Crippen molar-refractivity contribution in [2.24, 2.45) is 0 Å². The van der Waals surface area contributed by atoms with Crippen LogP contribution in [0.2, 0.25) is 0 Å². The lowest BCUT2D eigenvalue weighted by Crippen LogP contribution is -2.01. The fourth-order valence-electron chi connectivity index (χ4n) is 9.96. The van der Waals surface area contributed by atoms with Crippen LogP contribution in [0.25, 0.3) is 77.1 Å². The molecule has 12 rings (SSSR count). The maximum absolute atomic E-state index is 3.77. The Morgan fingerprint density at radius 2 is 0.909 bits per heavy atom. The Labute approximate surface area is 320 Å².